The number of carbonyl (C=O) groups excluding carboxylic acids is 1. The zero-order chi connectivity index (χ0) is 13.8. The fraction of sp³-hybridized carbons (Fsp3) is 0.846. The number of ether oxygens (including phenoxy) is 1. The van der Waals surface area contributed by atoms with Crippen LogP contribution in [0.4, 0.5) is 0 Å². The summed E-state index contributed by atoms with van der Waals surface area (Å²) >= 11 is 5.03. The second kappa shape index (κ2) is 6.48. The van der Waals surface area contributed by atoms with E-state index in [1.807, 2.05) is 0 Å². The lowest BCUT2D eigenvalue weighted by Gasteiger charge is -2.44. The van der Waals surface area contributed by atoms with Gasteiger partial charge in [0.05, 0.1) is 17.0 Å². The fourth-order valence-electron chi connectivity index (χ4n) is 2.35. The first kappa shape index (κ1) is 15.4. The van der Waals surface area contributed by atoms with E-state index in [9.17, 15) is 4.79 Å². The van der Waals surface area contributed by atoms with E-state index < -0.39 is 5.41 Å². The molecule has 1 fully saturated rings. The van der Waals surface area contributed by atoms with Gasteiger partial charge >= 0.3 is 0 Å². The summed E-state index contributed by atoms with van der Waals surface area (Å²) in [6.45, 7) is 8.06. The predicted molar refractivity (Wildman–Crippen MR) is 76.3 cm³/mol. The summed E-state index contributed by atoms with van der Waals surface area (Å²) < 4.78 is 5.41. The highest BCUT2D eigenvalue weighted by atomic mass is 32.1. The van der Waals surface area contributed by atoms with Crippen molar-refractivity contribution in [2.24, 2.45) is 23.0 Å². The Balaban J connectivity index is 2.29. The van der Waals surface area contributed by atoms with Gasteiger partial charge in [0.15, 0.2) is 0 Å². The van der Waals surface area contributed by atoms with Gasteiger partial charge in [-0.25, -0.2) is 0 Å². The molecule has 0 bridgehead atoms. The summed E-state index contributed by atoms with van der Waals surface area (Å²) in [5, 5.41) is 2.87. The van der Waals surface area contributed by atoms with E-state index in [4.69, 9.17) is 22.7 Å². The average molecular weight is 272 g/mol. The molecule has 0 aromatic rings. The standard InChI is InChI=1S/C13H24N2O2S/c1-9(2)8-17-5-4-15-12(16)13(11(14)18)6-10(3)7-13/h9-10H,4-8H2,1-3H3,(H2,14,18)(H,15,16). The van der Waals surface area contributed by atoms with Crippen molar-refractivity contribution in [1.82, 2.24) is 5.32 Å². The van der Waals surface area contributed by atoms with Crippen molar-refractivity contribution in [3.63, 3.8) is 0 Å². The Morgan fingerprint density at radius 3 is 2.61 bits per heavy atom. The van der Waals surface area contributed by atoms with Gasteiger partial charge in [-0.2, -0.15) is 0 Å². The Hall–Kier alpha value is -0.680. The third-order valence-electron chi connectivity index (χ3n) is 3.28. The maximum atomic E-state index is 12.1. The van der Waals surface area contributed by atoms with Crippen molar-refractivity contribution < 1.29 is 9.53 Å². The molecule has 0 aromatic carbocycles. The van der Waals surface area contributed by atoms with Crippen LogP contribution >= 0.6 is 12.2 Å². The number of nitrogens with one attached hydrogen (secondary N) is 1. The van der Waals surface area contributed by atoms with Crippen molar-refractivity contribution in [2.45, 2.75) is 33.6 Å². The van der Waals surface area contributed by atoms with Gasteiger partial charge in [0.25, 0.3) is 0 Å². The maximum absolute atomic E-state index is 12.1. The van der Waals surface area contributed by atoms with E-state index in [0.29, 0.717) is 36.6 Å². The minimum Gasteiger partial charge on any atom is -0.392 e. The molecule has 0 aliphatic heterocycles. The highest BCUT2D eigenvalue weighted by Gasteiger charge is 2.50. The third-order valence-corrected chi connectivity index (χ3v) is 3.67. The molecule has 0 radical (unpaired) electrons. The second-order valence-electron chi connectivity index (χ2n) is 5.68. The molecule has 1 amide bonds. The van der Waals surface area contributed by atoms with Crippen molar-refractivity contribution in [2.75, 3.05) is 19.8 Å². The van der Waals surface area contributed by atoms with Crippen LogP contribution in [0.1, 0.15) is 33.6 Å². The minimum absolute atomic E-state index is 0.0405. The zero-order valence-electron chi connectivity index (χ0n) is 11.5. The highest BCUT2D eigenvalue weighted by molar-refractivity contribution is 7.80. The molecule has 0 saturated heterocycles. The summed E-state index contributed by atoms with van der Waals surface area (Å²) in [7, 11) is 0. The van der Waals surface area contributed by atoms with Crippen LogP contribution in [0.5, 0.6) is 0 Å². The van der Waals surface area contributed by atoms with Crippen LogP contribution in [0.2, 0.25) is 0 Å². The molecule has 0 atom stereocenters. The SMILES string of the molecule is CC(C)COCCNC(=O)C1(C(N)=S)CC(C)C1. The topological polar surface area (TPSA) is 64.3 Å². The Morgan fingerprint density at radius 2 is 2.17 bits per heavy atom. The van der Waals surface area contributed by atoms with E-state index in [-0.39, 0.29) is 5.91 Å². The summed E-state index contributed by atoms with van der Waals surface area (Å²) in [5.74, 6) is 0.992. The lowest BCUT2D eigenvalue weighted by Crippen LogP contribution is -2.56. The van der Waals surface area contributed by atoms with Crippen LogP contribution in [0.15, 0.2) is 0 Å². The summed E-state index contributed by atoms with van der Waals surface area (Å²) in [6, 6.07) is 0. The van der Waals surface area contributed by atoms with Gasteiger partial charge in [-0.1, -0.05) is 33.0 Å². The zero-order valence-corrected chi connectivity index (χ0v) is 12.3. The minimum atomic E-state index is -0.604. The molecule has 18 heavy (non-hydrogen) atoms. The molecular weight excluding hydrogens is 248 g/mol. The molecule has 1 rings (SSSR count). The van der Waals surface area contributed by atoms with Crippen molar-refractivity contribution in [1.29, 1.82) is 0 Å². The third kappa shape index (κ3) is 3.65. The van der Waals surface area contributed by atoms with E-state index in [1.54, 1.807) is 0 Å². The molecule has 0 aromatic heterocycles. The van der Waals surface area contributed by atoms with Gasteiger partial charge in [0, 0.05) is 13.2 Å². The van der Waals surface area contributed by atoms with E-state index in [1.165, 1.54) is 0 Å². The quantitative estimate of drug-likeness (QED) is 0.544. The predicted octanol–water partition coefficient (Wildman–Crippen LogP) is 1.48. The first-order valence-electron chi connectivity index (χ1n) is 6.54. The van der Waals surface area contributed by atoms with Crippen LogP contribution in [-0.4, -0.2) is 30.7 Å². The number of thiocarbonyl (C=S) groups is 1. The first-order chi connectivity index (χ1) is 8.38. The lowest BCUT2D eigenvalue weighted by molar-refractivity contribution is -0.133. The number of rotatable bonds is 7. The molecule has 0 heterocycles. The molecular formula is C13H24N2O2S. The van der Waals surface area contributed by atoms with Gasteiger partial charge in [0.2, 0.25) is 5.91 Å². The molecule has 1 aliphatic rings. The Kier molecular flexibility index (Phi) is 5.53. The van der Waals surface area contributed by atoms with E-state index in [2.05, 4.69) is 26.1 Å². The number of hydrogen-bond donors (Lipinski definition) is 2. The number of nitrogens with two attached hydrogens (primary N) is 1. The first-order valence-corrected chi connectivity index (χ1v) is 6.95. The molecule has 3 N–H and O–H groups in total. The molecule has 104 valence electrons. The van der Waals surface area contributed by atoms with Gasteiger partial charge in [-0.05, 0) is 24.7 Å². The van der Waals surface area contributed by atoms with Crippen molar-refractivity contribution in [3.05, 3.63) is 0 Å². The van der Waals surface area contributed by atoms with Crippen LogP contribution in [0, 0.1) is 17.3 Å². The molecule has 1 saturated carbocycles. The van der Waals surface area contributed by atoms with E-state index >= 15 is 0 Å². The van der Waals surface area contributed by atoms with Crippen LogP contribution in [-0.2, 0) is 9.53 Å². The number of carbonyl (C=O) groups is 1. The maximum Gasteiger partial charge on any atom is 0.233 e. The summed E-state index contributed by atoms with van der Waals surface area (Å²) in [6.07, 6.45) is 1.53. The largest absolute Gasteiger partial charge is 0.392 e. The highest BCUT2D eigenvalue weighted by Crippen LogP contribution is 2.45. The normalized spacial score (nSPS) is 26.8. The van der Waals surface area contributed by atoms with Crippen molar-refractivity contribution >= 4 is 23.1 Å². The summed E-state index contributed by atoms with van der Waals surface area (Å²) in [4.78, 5) is 12.4. The van der Waals surface area contributed by atoms with Gasteiger partial charge in [-0.3, -0.25) is 4.79 Å². The van der Waals surface area contributed by atoms with Gasteiger partial charge in [-0.15, -0.1) is 0 Å². The number of amides is 1. The van der Waals surface area contributed by atoms with Crippen LogP contribution < -0.4 is 11.1 Å². The van der Waals surface area contributed by atoms with Crippen molar-refractivity contribution in [3.8, 4) is 0 Å². The van der Waals surface area contributed by atoms with Crippen LogP contribution in [0.3, 0.4) is 0 Å². The van der Waals surface area contributed by atoms with Gasteiger partial charge < -0.3 is 15.8 Å². The Labute approximate surface area is 115 Å². The lowest BCUT2D eigenvalue weighted by atomic mass is 9.62. The molecule has 0 spiro atoms. The molecule has 1 aliphatic carbocycles. The van der Waals surface area contributed by atoms with Gasteiger partial charge in [0.1, 0.15) is 0 Å². The smallest absolute Gasteiger partial charge is 0.233 e. The Bertz CT molecular complexity index is 312. The monoisotopic (exact) mass is 272 g/mol. The Morgan fingerprint density at radius 1 is 1.56 bits per heavy atom. The molecule has 5 heteroatoms. The summed E-state index contributed by atoms with van der Waals surface area (Å²) in [5.41, 5.74) is 5.10. The molecule has 4 nitrogen and oxygen atoms in total. The molecule has 0 unspecified atom stereocenters. The average Bonchev–Trinajstić information content (AvgIpc) is 2.22. The fourth-order valence-corrected chi connectivity index (χ4v) is 2.61. The van der Waals surface area contributed by atoms with Crippen LogP contribution in [0.25, 0.3) is 0 Å². The second-order valence-corrected chi connectivity index (χ2v) is 6.12. The number of hydrogen-bond acceptors (Lipinski definition) is 3. The van der Waals surface area contributed by atoms with E-state index in [0.717, 1.165) is 12.8 Å².